The maximum absolute atomic E-state index is 11.6. The van der Waals surface area contributed by atoms with Gasteiger partial charge in [-0.3, -0.25) is 4.79 Å². The molecule has 1 rings (SSSR count). The first-order valence-electron chi connectivity index (χ1n) is 6.72. The molecule has 3 N–H and O–H groups in total. The van der Waals surface area contributed by atoms with Crippen LogP contribution in [0.25, 0.3) is 0 Å². The summed E-state index contributed by atoms with van der Waals surface area (Å²) in [5, 5.41) is 10.7. The van der Waals surface area contributed by atoms with E-state index in [1.807, 2.05) is 11.8 Å². The van der Waals surface area contributed by atoms with Crippen LogP contribution in [-0.2, 0) is 4.74 Å². The van der Waals surface area contributed by atoms with Gasteiger partial charge in [-0.25, -0.2) is 0 Å². The third kappa shape index (κ3) is 6.01. The summed E-state index contributed by atoms with van der Waals surface area (Å²) in [7, 11) is 1.63. The zero-order chi connectivity index (χ0) is 15.7. The molecule has 0 aromatic carbocycles. The minimum Gasteiger partial charge on any atom is -0.393 e. The van der Waals surface area contributed by atoms with Crippen LogP contribution in [0.3, 0.4) is 0 Å². The van der Waals surface area contributed by atoms with E-state index < -0.39 is 0 Å². The highest BCUT2D eigenvalue weighted by Gasteiger charge is 2.11. The van der Waals surface area contributed by atoms with Gasteiger partial charge in [0.25, 0.3) is 5.91 Å². The van der Waals surface area contributed by atoms with Crippen molar-refractivity contribution in [3.63, 3.8) is 0 Å². The highest BCUT2D eigenvalue weighted by Crippen LogP contribution is 2.10. The number of rotatable bonds is 9. The molecule has 21 heavy (non-hydrogen) atoms. The first-order chi connectivity index (χ1) is 10.1. The lowest BCUT2D eigenvalue weighted by atomic mass is 10.3. The number of nitrogens with two attached hydrogens (primary N) is 1. The molecule has 0 saturated carbocycles. The van der Waals surface area contributed by atoms with Crippen LogP contribution >= 0.6 is 12.2 Å². The Morgan fingerprint density at radius 1 is 1.43 bits per heavy atom. The fraction of sp³-hybridized carbons (Fsp3) is 0.538. The molecule has 1 amide bonds. The Balaban J connectivity index is 2.76. The van der Waals surface area contributed by atoms with Gasteiger partial charge < -0.3 is 20.7 Å². The highest BCUT2D eigenvalue weighted by molar-refractivity contribution is 7.80. The van der Waals surface area contributed by atoms with Crippen molar-refractivity contribution in [3.8, 4) is 0 Å². The van der Waals surface area contributed by atoms with Gasteiger partial charge in [-0.15, -0.1) is 10.2 Å². The lowest BCUT2D eigenvalue weighted by molar-refractivity contribution is 0.0950. The van der Waals surface area contributed by atoms with Crippen LogP contribution in [0.2, 0.25) is 0 Å². The number of thiocarbonyl (C=S) groups is 1. The molecule has 8 heteroatoms. The standard InChI is InChI=1S/C13H21N5O2S/c1-3-15-13(19)10-4-5-12(17-16-10)18(8-9-20-2)7-6-11(14)21/h4-5H,3,6-9H2,1-2H3,(H2,14,21)(H,15,19). The van der Waals surface area contributed by atoms with E-state index in [0.717, 1.165) is 0 Å². The Bertz CT molecular complexity index is 466. The van der Waals surface area contributed by atoms with Gasteiger partial charge in [0.15, 0.2) is 11.5 Å². The van der Waals surface area contributed by atoms with Crippen molar-refractivity contribution in [2.45, 2.75) is 13.3 Å². The summed E-state index contributed by atoms with van der Waals surface area (Å²) in [6, 6.07) is 3.40. The van der Waals surface area contributed by atoms with E-state index in [-0.39, 0.29) is 5.91 Å². The molecule has 0 aliphatic heterocycles. The Morgan fingerprint density at radius 3 is 2.71 bits per heavy atom. The summed E-state index contributed by atoms with van der Waals surface area (Å²) in [5.74, 6) is 0.430. The first kappa shape index (κ1) is 17.3. The van der Waals surface area contributed by atoms with E-state index in [2.05, 4.69) is 15.5 Å². The average Bonchev–Trinajstić information content (AvgIpc) is 2.47. The smallest absolute Gasteiger partial charge is 0.271 e. The maximum Gasteiger partial charge on any atom is 0.271 e. The van der Waals surface area contributed by atoms with Gasteiger partial charge in [-0.2, -0.15) is 0 Å². The number of hydrogen-bond donors (Lipinski definition) is 2. The summed E-state index contributed by atoms with van der Waals surface area (Å²) < 4.78 is 5.08. The number of nitrogens with one attached hydrogen (secondary N) is 1. The summed E-state index contributed by atoms with van der Waals surface area (Å²) in [5.41, 5.74) is 5.82. The molecule has 0 bridgehead atoms. The van der Waals surface area contributed by atoms with Crippen molar-refractivity contribution in [1.29, 1.82) is 0 Å². The third-order valence-corrected chi connectivity index (χ3v) is 2.94. The number of amides is 1. The molecular formula is C13H21N5O2S. The van der Waals surface area contributed by atoms with Gasteiger partial charge in [0, 0.05) is 33.2 Å². The molecular weight excluding hydrogens is 290 g/mol. The van der Waals surface area contributed by atoms with Crippen LogP contribution in [0.1, 0.15) is 23.8 Å². The van der Waals surface area contributed by atoms with E-state index in [9.17, 15) is 4.79 Å². The quantitative estimate of drug-likeness (QED) is 0.636. The Labute approximate surface area is 129 Å². The monoisotopic (exact) mass is 311 g/mol. The molecule has 0 unspecified atom stereocenters. The number of anilines is 1. The molecule has 116 valence electrons. The first-order valence-corrected chi connectivity index (χ1v) is 7.13. The fourth-order valence-electron chi connectivity index (χ4n) is 1.65. The average molecular weight is 311 g/mol. The molecule has 0 atom stereocenters. The number of carbonyl (C=O) groups is 1. The van der Waals surface area contributed by atoms with Crippen LogP contribution in [0.5, 0.6) is 0 Å². The minimum absolute atomic E-state index is 0.233. The second-order valence-corrected chi connectivity index (χ2v) is 4.86. The van der Waals surface area contributed by atoms with Crippen LogP contribution < -0.4 is 16.0 Å². The highest BCUT2D eigenvalue weighted by atomic mass is 32.1. The van der Waals surface area contributed by atoms with Crippen molar-refractivity contribution in [2.24, 2.45) is 5.73 Å². The lowest BCUT2D eigenvalue weighted by Crippen LogP contribution is -2.32. The largest absolute Gasteiger partial charge is 0.393 e. The molecule has 1 aromatic rings. The lowest BCUT2D eigenvalue weighted by Gasteiger charge is -2.22. The topological polar surface area (TPSA) is 93.4 Å². The number of aromatic nitrogens is 2. The number of carbonyl (C=O) groups excluding carboxylic acids is 1. The van der Waals surface area contributed by atoms with Gasteiger partial charge in [0.1, 0.15) is 0 Å². The predicted octanol–water partition coefficient (Wildman–Crippen LogP) is 0.355. The minimum atomic E-state index is -0.233. The Morgan fingerprint density at radius 2 is 2.19 bits per heavy atom. The third-order valence-electron chi connectivity index (χ3n) is 2.74. The molecule has 0 fully saturated rings. The van der Waals surface area contributed by atoms with Gasteiger partial charge in [0.2, 0.25) is 0 Å². The van der Waals surface area contributed by atoms with Crippen LogP contribution in [0, 0.1) is 0 Å². The Kier molecular flexibility index (Phi) is 7.55. The zero-order valence-electron chi connectivity index (χ0n) is 12.3. The van der Waals surface area contributed by atoms with Crippen molar-refractivity contribution >= 4 is 28.9 Å². The molecule has 0 saturated heterocycles. The number of hydrogen-bond acceptors (Lipinski definition) is 6. The van der Waals surface area contributed by atoms with Gasteiger partial charge in [0.05, 0.1) is 11.6 Å². The summed E-state index contributed by atoms with van der Waals surface area (Å²) >= 11 is 4.89. The number of ether oxygens (including phenoxy) is 1. The van der Waals surface area contributed by atoms with Crippen molar-refractivity contribution in [1.82, 2.24) is 15.5 Å². The van der Waals surface area contributed by atoms with Crippen LogP contribution in [-0.4, -0.2) is 54.4 Å². The van der Waals surface area contributed by atoms with Crippen molar-refractivity contribution < 1.29 is 9.53 Å². The fourth-order valence-corrected chi connectivity index (χ4v) is 1.74. The van der Waals surface area contributed by atoms with Crippen LogP contribution in [0.15, 0.2) is 12.1 Å². The summed E-state index contributed by atoms with van der Waals surface area (Å²) in [4.78, 5) is 14.0. The second kappa shape index (κ2) is 9.19. The molecule has 0 radical (unpaired) electrons. The van der Waals surface area contributed by atoms with E-state index >= 15 is 0 Å². The van der Waals surface area contributed by atoms with Gasteiger partial charge in [-0.1, -0.05) is 12.2 Å². The normalized spacial score (nSPS) is 10.2. The van der Waals surface area contributed by atoms with E-state index in [1.165, 1.54) is 0 Å². The molecule has 0 spiro atoms. The Hall–Kier alpha value is -1.80. The van der Waals surface area contributed by atoms with Crippen molar-refractivity contribution in [2.75, 3.05) is 38.3 Å². The SMILES string of the molecule is CCNC(=O)c1ccc(N(CCOC)CCC(N)=S)nn1. The number of nitrogens with zero attached hydrogens (tertiary/aromatic N) is 3. The van der Waals surface area contributed by atoms with Crippen LogP contribution in [0.4, 0.5) is 5.82 Å². The second-order valence-electron chi connectivity index (χ2n) is 4.33. The summed E-state index contributed by atoms with van der Waals surface area (Å²) in [6.07, 6.45) is 0.582. The zero-order valence-corrected chi connectivity index (χ0v) is 13.2. The molecule has 1 heterocycles. The van der Waals surface area contributed by atoms with E-state index in [4.69, 9.17) is 22.7 Å². The molecule has 1 aromatic heterocycles. The predicted molar refractivity (Wildman–Crippen MR) is 85.5 cm³/mol. The van der Waals surface area contributed by atoms with E-state index in [1.54, 1.807) is 19.2 Å². The molecule has 0 aliphatic carbocycles. The summed E-state index contributed by atoms with van der Waals surface area (Å²) in [6.45, 7) is 4.23. The van der Waals surface area contributed by atoms with E-state index in [0.29, 0.717) is 49.2 Å². The van der Waals surface area contributed by atoms with Gasteiger partial charge >= 0.3 is 0 Å². The molecule has 7 nitrogen and oxygen atoms in total. The number of methoxy groups -OCH3 is 1. The van der Waals surface area contributed by atoms with Crippen molar-refractivity contribution in [3.05, 3.63) is 17.8 Å². The molecule has 0 aliphatic rings. The van der Waals surface area contributed by atoms with Gasteiger partial charge in [-0.05, 0) is 19.1 Å². The maximum atomic E-state index is 11.6.